The summed E-state index contributed by atoms with van der Waals surface area (Å²) >= 11 is 0. The van der Waals surface area contributed by atoms with Crippen molar-refractivity contribution in [3.05, 3.63) is 29.8 Å². The van der Waals surface area contributed by atoms with Crippen molar-refractivity contribution in [3.63, 3.8) is 0 Å². The molecule has 2 aliphatic rings. The molecule has 1 aromatic carbocycles. The monoisotopic (exact) mass is 303 g/mol. The summed E-state index contributed by atoms with van der Waals surface area (Å²) in [4.78, 5) is 14.4. The van der Waals surface area contributed by atoms with Gasteiger partial charge in [0.1, 0.15) is 5.75 Å². The average Bonchev–Trinajstić information content (AvgIpc) is 3.08. The molecular formula is C18H25NO3. The van der Waals surface area contributed by atoms with Crippen molar-refractivity contribution in [2.75, 3.05) is 19.7 Å². The van der Waals surface area contributed by atoms with E-state index in [4.69, 9.17) is 4.74 Å². The van der Waals surface area contributed by atoms with Gasteiger partial charge in [-0.05, 0) is 68.7 Å². The Bertz CT molecular complexity index is 494. The van der Waals surface area contributed by atoms with E-state index >= 15 is 0 Å². The summed E-state index contributed by atoms with van der Waals surface area (Å²) < 4.78 is 5.93. The van der Waals surface area contributed by atoms with Gasteiger partial charge in [-0.3, -0.25) is 4.79 Å². The highest BCUT2D eigenvalue weighted by Crippen LogP contribution is 2.25. The number of carbonyl (C=O) groups is 1. The third-order valence-electron chi connectivity index (χ3n) is 4.77. The number of hydrogen-bond donors (Lipinski definition) is 1. The van der Waals surface area contributed by atoms with Gasteiger partial charge in [-0.2, -0.15) is 0 Å². The predicted molar refractivity (Wildman–Crippen MR) is 85.0 cm³/mol. The van der Waals surface area contributed by atoms with Gasteiger partial charge in [0.2, 0.25) is 0 Å². The summed E-state index contributed by atoms with van der Waals surface area (Å²) in [5.74, 6) is 1.14. The van der Waals surface area contributed by atoms with Crippen molar-refractivity contribution >= 4 is 5.91 Å². The fourth-order valence-electron chi connectivity index (χ4n) is 3.46. The zero-order valence-corrected chi connectivity index (χ0v) is 13.0. The van der Waals surface area contributed by atoms with Crippen LogP contribution < -0.4 is 4.74 Å². The van der Waals surface area contributed by atoms with E-state index in [1.165, 1.54) is 12.8 Å². The molecule has 1 unspecified atom stereocenters. The van der Waals surface area contributed by atoms with Gasteiger partial charge in [0.15, 0.2) is 0 Å². The van der Waals surface area contributed by atoms with Gasteiger partial charge in [-0.15, -0.1) is 0 Å². The van der Waals surface area contributed by atoms with Crippen LogP contribution >= 0.6 is 0 Å². The highest BCUT2D eigenvalue weighted by Gasteiger charge is 2.24. The van der Waals surface area contributed by atoms with Gasteiger partial charge < -0.3 is 14.7 Å². The molecule has 1 amide bonds. The van der Waals surface area contributed by atoms with Crippen LogP contribution in [0.4, 0.5) is 0 Å². The fraction of sp³-hybridized carbons (Fsp3) is 0.611. The number of hydrogen-bond acceptors (Lipinski definition) is 3. The number of rotatable bonds is 4. The smallest absolute Gasteiger partial charge is 0.253 e. The topological polar surface area (TPSA) is 49.8 Å². The molecule has 1 heterocycles. The number of nitrogens with zero attached hydrogens (tertiary/aromatic N) is 1. The van der Waals surface area contributed by atoms with Crippen LogP contribution in [0.3, 0.4) is 0 Å². The molecule has 0 radical (unpaired) electrons. The molecule has 0 aromatic heterocycles. The van der Waals surface area contributed by atoms with Crippen LogP contribution in [0.2, 0.25) is 0 Å². The molecule has 1 saturated carbocycles. The Balaban J connectivity index is 1.60. The Morgan fingerprint density at radius 3 is 2.55 bits per heavy atom. The summed E-state index contributed by atoms with van der Waals surface area (Å²) in [6.07, 6.45) is 7.10. The Hall–Kier alpha value is -1.55. The predicted octanol–water partition coefficient (Wildman–Crippen LogP) is 2.85. The highest BCUT2D eigenvalue weighted by atomic mass is 16.5. The van der Waals surface area contributed by atoms with E-state index < -0.39 is 0 Å². The Kier molecular flexibility index (Phi) is 4.98. The first-order valence-electron chi connectivity index (χ1n) is 8.43. The molecule has 3 rings (SSSR count). The number of ether oxygens (including phenoxy) is 1. The van der Waals surface area contributed by atoms with Crippen LogP contribution in [0.5, 0.6) is 5.75 Å². The first kappa shape index (κ1) is 15.3. The van der Waals surface area contributed by atoms with E-state index in [0.29, 0.717) is 18.2 Å². The van der Waals surface area contributed by atoms with Crippen molar-refractivity contribution in [1.82, 2.24) is 4.90 Å². The molecule has 1 N–H and O–H groups in total. The normalized spacial score (nSPS) is 22.8. The minimum absolute atomic E-state index is 0.0607. The van der Waals surface area contributed by atoms with Crippen LogP contribution in [-0.4, -0.2) is 41.7 Å². The lowest BCUT2D eigenvalue weighted by atomic mass is 9.98. The number of likely N-dealkylation sites (tertiary alicyclic amines) is 1. The summed E-state index contributed by atoms with van der Waals surface area (Å²) in [6, 6.07) is 7.52. The Morgan fingerprint density at radius 1 is 1.14 bits per heavy atom. The lowest BCUT2D eigenvalue weighted by Gasteiger charge is -2.32. The minimum atomic E-state index is 0.0607. The largest absolute Gasteiger partial charge is 0.490 e. The lowest BCUT2D eigenvalue weighted by molar-refractivity contribution is 0.0620. The number of amides is 1. The van der Waals surface area contributed by atoms with Crippen molar-refractivity contribution in [1.29, 1.82) is 0 Å². The molecule has 4 heteroatoms. The maximum Gasteiger partial charge on any atom is 0.253 e. The van der Waals surface area contributed by atoms with Crippen molar-refractivity contribution in [2.45, 2.75) is 44.6 Å². The van der Waals surface area contributed by atoms with Gasteiger partial charge >= 0.3 is 0 Å². The Morgan fingerprint density at radius 2 is 1.86 bits per heavy atom. The number of aliphatic hydroxyl groups excluding tert-OH is 1. The maximum atomic E-state index is 12.5. The molecule has 22 heavy (non-hydrogen) atoms. The van der Waals surface area contributed by atoms with E-state index in [-0.39, 0.29) is 18.4 Å². The third-order valence-corrected chi connectivity index (χ3v) is 4.77. The van der Waals surface area contributed by atoms with Gasteiger partial charge in [0, 0.05) is 25.3 Å². The molecular weight excluding hydrogens is 278 g/mol. The summed E-state index contributed by atoms with van der Waals surface area (Å²) in [5, 5.41) is 9.28. The van der Waals surface area contributed by atoms with E-state index in [1.807, 2.05) is 29.2 Å². The average molecular weight is 303 g/mol. The molecule has 1 aromatic rings. The molecule has 120 valence electrons. The van der Waals surface area contributed by atoms with Crippen molar-refractivity contribution in [3.8, 4) is 5.75 Å². The number of carbonyl (C=O) groups excluding carboxylic acids is 1. The standard InChI is InChI=1S/C18H25NO3/c20-13-14-4-3-11-19(12-14)18(21)15-7-9-17(10-8-15)22-16-5-1-2-6-16/h7-10,14,16,20H,1-6,11-13H2. The molecule has 1 aliphatic carbocycles. The fourth-order valence-corrected chi connectivity index (χ4v) is 3.46. The molecule has 1 saturated heterocycles. The van der Waals surface area contributed by atoms with E-state index in [1.54, 1.807) is 0 Å². The summed E-state index contributed by atoms with van der Waals surface area (Å²) in [6.45, 7) is 1.61. The van der Waals surface area contributed by atoms with Crippen LogP contribution in [0, 0.1) is 5.92 Å². The van der Waals surface area contributed by atoms with Crippen molar-refractivity contribution in [2.24, 2.45) is 5.92 Å². The van der Waals surface area contributed by atoms with E-state index in [2.05, 4.69) is 0 Å². The van der Waals surface area contributed by atoms with Gasteiger partial charge in [0.25, 0.3) is 5.91 Å². The third kappa shape index (κ3) is 3.61. The van der Waals surface area contributed by atoms with Gasteiger partial charge in [0.05, 0.1) is 6.10 Å². The van der Waals surface area contributed by atoms with Crippen LogP contribution in [0.15, 0.2) is 24.3 Å². The maximum absolute atomic E-state index is 12.5. The second-order valence-electron chi connectivity index (χ2n) is 6.49. The SMILES string of the molecule is O=C(c1ccc(OC2CCCC2)cc1)N1CCCC(CO)C1. The molecule has 0 spiro atoms. The highest BCUT2D eigenvalue weighted by molar-refractivity contribution is 5.94. The molecule has 0 bridgehead atoms. The lowest BCUT2D eigenvalue weighted by Crippen LogP contribution is -2.40. The van der Waals surface area contributed by atoms with Crippen LogP contribution in [0.25, 0.3) is 0 Å². The molecule has 2 fully saturated rings. The quantitative estimate of drug-likeness (QED) is 0.930. The first-order chi connectivity index (χ1) is 10.8. The van der Waals surface area contributed by atoms with Crippen molar-refractivity contribution < 1.29 is 14.6 Å². The minimum Gasteiger partial charge on any atom is -0.490 e. The Labute approximate surface area is 132 Å². The van der Waals surface area contributed by atoms with Crippen LogP contribution in [-0.2, 0) is 0 Å². The second-order valence-corrected chi connectivity index (χ2v) is 6.49. The van der Waals surface area contributed by atoms with Crippen LogP contribution in [0.1, 0.15) is 48.9 Å². The number of piperidine rings is 1. The van der Waals surface area contributed by atoms with Gasteiger partial charge in [-0.25, -0.2) is 0 Å². The number of aliphatic hydroxyl groups is 1. The number of benzene rings is 1. The molecule has 1 atom stereocenters. The van der Waals surface area contributed by atoms with E-state index in [0.717, 1.165) is 38.0 Å². The zero-order chi connectivity index (χ0) is 15.4. The first-order valence-corrected chi connectivity index (χ1v) is 8.43. The second kappa shape index (κ2) is 7.14. The zero-order valence-electron chi connectivity index (χ0n) is 13.0. The van der Waals surface area contributed by atoms with E-state index in [9.17, 15) is 9.90 Å². The molecule has 4 nitrogen and oxygen atoms in total. The molecule has 1 aliphatic heterocycles. The summed E-state index contributed by atoms with van der Waals surface area (Å²) in [5.41, 5.74) is 0.706. The van der Waals surface area contributed by atoms with Gasteiger partial charge in [-0.1, -0.05) is 0 Å². The summed E-state index contributed by atoms with van der Waals surface area (Å²) in [7, 11) is 0.